The van der Waals surface area contributed by atoms with Crippen molar-refractivity contribution in [2.45, 2.75) is 40.3 Å². The molecule has 0 aliphatic rings. The van der Waals surface area contributed by atoms with Crippen molar-refractivity contribution in [3.63, 3.8) is 0 Å². The number of ether oxygens (including phenoxy) is 1. The van der Waals surface area contributed by atoms with Gasteiger partial charge in [0.2, 0.25) is 0 Å². The third kappa shape index (κ3) is 3.77. The van der Waals surface area contributed by atoms with E-state index in [1.54, 1.807) is 18.5 Å². The summed E-state index contributed by atoms with van der Waals surface area (Å²) < 4.78 is 6.83. The number of aromatic nitrogens is 2. The third-order valence-electron chi connectivity index (χ3n) is 3.72. The van der Waals surface area contributed by atoms with Gasteiger partial charge in [0, 0.05) is 0 Å². The lowest BCUT2D eigenvalue weighted by atomic mass is 10.1. The van der Waals surface area contributed by atoms with Crippen LogP contribution in [0.1, 0.15) is 39.8 Å². The maximum absolute atomic E-state index is 12.2. The smallest absolute Gasteiger partial charge is 0.342 e. The number of amides is 1. The summed E-state index contributed by atoms with van der Waals surface area (Å²) in [5, 5.41) is 4.40. The number of aryl methyl sites for hydroxylation is 2. The first-order valence-corrected chi connectivity index (χ1v) is 7.39. The first kappa shape index (κ1) is 16.7. The Morgan fingerprint density at radius 3 is 2.39 bits per heavy atom. The summed E-state index contributed by atoms with van der Waals surface area (Å²) in [4.78, 5) is 23.3. The number of benzene rings is 1. The zero-order valence-electron chi connectivity index (χ0n) is 13.8. The van der Waals surface area contributed by atoms with Crippen LogP contribution in [0, 0.1) is 20.8 Å². The second kappa shape index (κ2) is 6.64. The molecule has 1 heterocycles. The Hall–Kier alpha value is -2.63. The molecule has 0 fully saturated rings. The molecular formula is C17H21N3O3. The van der Waals surface area contributed by atoms with Gasteiger partial charge in [-0.3, -0.25) is 9.48 Å². The summed E-state index contributed by atoms with van der Waals surface area (Å²) in [6.45, 7) is 7.58. The van der Waals surface area contributed by atoms with Crippen LogP contribution in [-0.2, 0) is 16.1 Å². The minimum atomic E-state index is -0.971. The summed E-state index contributed by atoms with van der Waals surface area (Å²) in [5.74, 6) is -1.26. The molecule has 2 N–H and O–H groups in total. The molecule has 0 bridgehead atoms. The van der Waals surface area contributed by atoms with E-state index >= 15 is 0 Å². The van der Waals surface area contributed by atoms with Gasteiger partial charge in [-0.25, -0.2) is 4.79 Å². The highest BCUT2D eigenvalue weighted by atomic mass is 16.5. The van der Waals surface area contributed by atoms with Crippen LogP contribution in [0.5, 0.6) is 0 Å². The molecule has 1 amide bonds. The Morgan fingerprint density at radius 2 is 1.83 bits per heavy atom. The number of hydrogen-bond acceptors (Lipinski definition) is 4. The van der Waals surface area contributed by atoms with Gasteiger partial charge >= 0.3 is 5.97 Å². The monoisotopic (exact) mass is 315 g/mol. The molecule has 23 heavy (non-hydrogen) atoms. The van der Waals surface area contributed by atoms with Crippen LogP contribution >= 0.6 is 0 Å². The average Bonchev–Trinajstić information content (AvgIpc) is 2.75. The van der Waals surface area contributed by atoms with Gasteiger partial charge in [-0.15, -0.1) is 0 Å². The number of carbonyl (C=O) groups excluding carboxylic acids is 2. The predicted molar refractivity (Wildman–Crippen MR) is 86.1 cm³/mol. The third-order valence-corrected chi connectivity index (χ3v) is 3.72. The molecule has 1 atom stereocenters. The Kier molecular flexibility index (Phi) is 4.83. The molecule has 0 aliphatic heterocycles. The van der Waals surface area contributed by atoms with E-state index in [1.807, 2.05) is 31.2 Å². The van der Waals surface area contributed by atoms with Gasteiger partial charge in [-0.2, -0.15) is 5.10 Å². The van der Waals surface area contributed by atoms with Crippen molar-refractivity contribution in [3.05, 3.63) is 52.3 Å². The second-order valence-electron chi connectivity index (χ2n) is 5.64. The van der Waals surface area contributed by atoms with Crippen molar-refractivity contribution in [1.82, 2.24) is 9.78 Å². The Labute approximate surface area is 135 Å². The van der Waals surface area contributed by atoms with Crippen LogP contribution in [0.3, 0.4) is 0 Å². The highest BCUT2D eigenvalue weighted by molar-refractivity contribution is 5.93. The van der Waals surface area contributed by atoms with Crippen LogP contribution in [-0.4, -0.2) is 27.8 Å². The molecule has 2 aromatic rings. The fourth-order valence-corrected chi connectivity index (χ4v) is 2.29. The van der Waals surface area contributed by atoms with Gasteiger partial charge < -0.3 is 10.5 Å². The standard InChI is InChI=1S/C17H21N3O3/c1-10-5-7-14(8-6-10)9-20-12(3)15(11(2)19-20)17(22)23-13(4)16(18)21/h5-8,13H,9H2,1-4H3,(H2,18,21)/t13-/m1/s1. The quantitative estimate of drug-likeness (QED) is 0.854. The van der Waals surface area contributed by atoms with Crippen LogP contribution in [0.4, 0.5) is 0 Å². The summed E-state index contributed by atoms with van der Waals surface area (Å²) in [7, 11) is 0. The van der Waals surface area contributed by atoms with Crippen LogP contribution in [0.2, 0.25) is 0 Å². The molecule has 0 radical (unpaired) electrons. The molecule has 122 valence electrons. The van der Waals surface area contributed by atoms with E-state index in [1.165, 1.54) is 12.5 Å². The first-order chi connectivity index (χ1) is 10.8. The van der Waals surface area contributed by atoms with Crippen molar-refractivity contribution in [2.75, 3.05) is 0 Å². The SMILES string of the molecule is Cc1ccc(Cn2nc(C)c(C(=O)O[C@H](C)C(N)=O)c2C)cc1. The van der Waals surface area contributed by atoms with Gasteiger partial charge in [0.05, 0.1) is 17.9 Å². The molecular weight excluding hydrogens is 294 g/mol. The molecule has 1 aromatic heterocycles. The minimum absolute atomic E-state index is 0.380. The normalized spacial score (nSPS) is 12.0. The van der Waals surface area contributed by atoms with E-state index in [9.17, 15) is 9.59 Å². The molecule has 0 unspecified atom stereocenters. The highest BCUT2D eigenvalue weighted by Crippen LogP contribution is 2.17. The Morgan fingerprint density at radius 1 is 1.22 bits per heavy atom. The number of primary amides is 1. The number of hydrogen-bond donors (Lipinski definition) is 1. The Bertz CT molecular complexity index is 732. The molecule has 6 heteroatoms. The average molecular weight is 315 g/mol. The minimum Gasteiger partial charge on any atom is -0.449 e. The van der Waals surface area contributed by atoms with Crippen LogP contribution < -0.4 is 5.73 Å². The van der Waals surface area contributed by atoms with E-state index in [2.05, 4.69) is 5.10 Å². The Balaban J connectivity index is 2.23. The largest absolute Gasteiger partial charge is 0.449 e. The maximum atomic E-state index is 12.2. The highest BCUT2D eigenvalue weighted by Gasteiger charge is 2.23. The summed E-state index contributed by atoms with van der Waals surface area (Å²) in [5.41, 5.74) is 9.04. The molecule has 0 aliphatic carbocycles. The summed E-state index contributed by atoms with van der Waals surface area (Å²) >= 11 is 0. The van der Waals surface area contributed by atoms with Gasteiger partial charge in [0.25, 0.3) is 5.91 Å². The first-order valence-electron chi connectivity index (χ1n) is 7.39. The van der Waals surface area contributed by atoms with Crippen molar-refractivity contribution in [3.8, 4) is 0 Å². The summed E-state index contributed by atoms with van der Waals surface area (Å²) in [6.07, 6.45) is -0.971. The van der Waals surface area contributed by atoms with Gasteiger partial charge in [-0.05, 0) is 33.3 Å². The lowest BCUT2D eigenvalue weighted by molar-refractivity contribution is -0.125. The maximum Gasteiger partial charge on any atom is 0.342 e. The number of nitrogens with two attached hydrogens (primary N) is 1. The van der Waals surface area contributed by atoms with Crippen molar-refractivity contribution >= 4 is 11.9 Å². The van der Waals surface area contributed by atoms with Crippen LogP contribution in [0.25, 0.3) is 0 Å². The zero-order valence-corrected chi connectivity index (χ0v) is 13.8. The molecule has 0 spiro atoms. The molecule has 0 saturated heterocycles. The van der Waals surface area contributed by atoms with Crippen LogP contribution in [0.15, 0.2) is 24.3 Å². The van der Waals surface area contributed by atoms with Crippen molar-refractivity contribution in [1.29, 1.82) is 0 Å². The zero-order chi connectivity index (χ0) is 17.1. The predicted octanol–water partition coefficient (Wildman–Crippen LogP) is 1.89. The topological polar surface area (TPSA) is 87.2 Å². The number of carbonyl (C=O) groups is 2. The van der Waals surface area contributed by atoms with Crippen molar-refractivity contribution in [2.24, 2.45) is 5.73 Å². The van der Waals surface area contributed by atoms with E-state index in [0.717, 1.165) is 5.56 Å². The molecule has 6 nitrogen and oxygen atoms in total. The summed E-state index contributed by atoms with van der Waals surface area (Å²) in [6, 6.07) is 8.12. The van der Waals surface area contributed by atoms with E-state index < -0.39 is 18.0 Å². The van der Waals surface area contributed by atoms with Crippen molar-refractivity contribution < 1.29 is 14.3 Å². The second-order valence-corrected chi connectivity index (χ2v) is 5.64. The van der Waals surface area contributed by atoms with E-state index in [0.29, 0.717) is 23.5 Å². The number of rotatable bonds is 5. The van der Waals surface area contributed by atoms with Gasteiger partial charge in [0.15, 0.2) is 6.10 Å². The molecule has 2 rings (SSSR count). The number of esters is 1. The lowest BCUT2D eigenvalue weighted by Crippen LogP contribution is -2.30. The molecule has 0 saturated carbocycles. The van der Waals surface area contributed by atoms with E-state index in [4.69, 9.17) is 10.5 Å². The van der Waals surface area contributed by atoms with Gasteiger partial charge in [0.1, 0.15) is 5.56 Å². The number of nitrogens with zero attached hydrogens (tertiary/aromatic N) is 2. The fourth-order valence-electron chi connectivity index (χ4n) is 2.29. The molecule has 1 aromatic carbocycles. The lowest BCUT2D eigenvalue weighted by Gasteiger charge is -2.10. The van der Waals surface area contributed by atoms with E-state index in [-0.39, 0.29) is 0 Å². The van der Waals surface area contributed by atoms with Gasteiger partial charge in [-0.1, -0.05) is 29.8 Å². The fraction of sp³-hybridized carbons (Fsp3) is 0.353.